The van der Waals surface area contributed by atoms with E-state index in [2.05, 4.69) is 0 Å². The Balaban J connectivity index is 3.05. The van der Waals surface area contributed by atoms with E-state index in [1.165, 1.54) is 51.0 Å². The highest BCUT2D eigenvalue weighted by Gasteiger charge is 1.96. The molecule has 0 aromatic heterocycles. The molecule has 0 aliphatic carbocycles. The van der Waals surface area contributed by atoms with Crippen LogP contribution >= 0.6 is 0 Å². The number of carboxylic acids is 1. The Morgan fingerprint density at radius 3 is 1.89 bits per heavy atom. The predicted molar refractivity (Wildman–Crippen MR) is 79.2 cm³/mol. The number of carbonyl (C=O) groups is 1. The van der Waals surface area contributed by atoms with Gasteiger partial charge in [-0.25, -0.2) is 4.79 Å². The van der Waals surface area contributed by atoms with Crippen molar-refractivity contribution in [2.45, 2.75) is 83.7 Å². The lowest BCUT2D eigenvalue weighted by Gasteiger charge is -2.04. The standard InChI is InChI=1S/C16H30O3/c1-15(17)13-11-9-7-5-3-2-4-6-8-10-12-14-16(18)19/h12,14-15,17H,2-11,13H2,1H3,(H,18,19)/b14-12+/t15-/m1/s1. The number of rotatable bonds is 13. The van der Waals surface area contributed by atoms with Crippen molar-refractivity contribution in [2.24, 2.45) is 0 Å². The van der Waals surface area contributed by atoms with E-state index in [-0.39, 0.29) is 6.10 Å². The van der Waals surface area contributed by atoms with Crippen LogP contribution in [0, 0.1) is 0 Å². The van der Waals surface area contributed by atoms with Gasteiger partial charge in [0.05, 0.1) is 6.10 Å². The molecule has 2 N–H and O–H groups in total. The van der Waals surface area contributed by atoms with Gasteiger partial charge >= 0.3 is 5.97 Å². The molecule has 0 amide bonds. The first-order chi connectivity index (χ1) is 9.13. The maximum atomic E-state index is 10.2. The second kappa shape index (κ2) is 13.6. The maximum Gasteiger partial charge on any atom is 0.327 e. The summed E-state index contributed by atoms with van der Waals surface area (Å²) in [6.07, 6.45) is 15.8. The molecule has 0 bridgehead atoms. The number of aliphatic carboxylic acids is 1. The van der Waals surface area contributed by atoms with Crippen molar-refractivity contribution in [3.05, 3.63) is 12.2 Å². The molecule has 0 aromatic carbocycles. The molecule has 112 valence electrons. The molecule has 3 nitrogen and oxygen atoms in total. The Morgan fingerprint density at radius 2 is 1.42 bits per heavy atom. The second-order valence-corrected chi connectivity index (χ2v) is 5.35. The van der Waals surface area contributed by atoms with E-state index in [9.17, 15) is 4.79 Å². The van der Waals surface area contributed by atoms with Crippen LogP contribution in [0.3, 0.4) is 0 Å². The van der Waals surface area contributed by atoms with E-state index in [4.69, 9.17) is 10.2 Å². The summed E-state index contributed by atoms with van der Waals surface area (Å²) in [5.74, 6) is -0.851. The number of hydrogen-bond acceptors (Lipinski definition) is 2. The minimum absolute atomic E-state index is 0.143. The zero-order chi connectivity index (χ0) is 14.3. The van der Waals surface area contributed by atoms with Gasteiger partial charge in [-0.3, -0.25) is 0 Å². The molecule has 1 atom stereocenters. The van der Waals surface area contributed by atoms with Gasteiger partial charge in [-0.05, 0) is 26.2 Å². The predicted octanol–water partition coefficient (Wildman–Crippen LogP) is 4.30. The average Bonchev–Trinajstić information content (AvgIpc) is 2.34. The highest BCUT2D eigenvalue weighted by atomic mass is 16.4. The van der Waals surface area contributed by atoms with Gasteiger partial charge in [0.1, 0.15) is 0 Å². The van der Waals surface area contributed by atoms with E-state index in [0.29, 0.717) is 0 Å². The van der Waals surface area contributed by atoms with Crippen LogP contribution in [0.2, 0.25) is 0 Å². The summed E-state index contributed by atoms with van der Waals surface area (Å²) in [6, 6.07) is 0. The first kappa shape index (κ1) is 18.2. The number of allylic oxidation sites excluding steroid dienone is 1. The highest BCUT2D eigenvalue weighted by molar-refractivity contribution is 5.79. The van der Waals surface area contributed by atoms with Crippen molar-refractivity contribution >= 4 is 5.97 Å². The van der Waals surface area contributed by atoms with E-state index < -0.39 is 5.97 Å². The van der Waals surface area contributed by atoms with Crippen LogP contribution in [0.1, 0.15) is 77.6 Å². The van der Waals surface area contributed by atoms with Crippen LogP contribution in [0.25, 0.3) is 0 Å². The average molecular weight is 270 g/mol. The molecule has 19 heavy (non-hydrogen) atoms. The summed E-state index contributed by atoms with van der Waals surface area (Å²) in [4.78, 5) is 10.2. The summed E-state index contributed by atoms with van der Waals surface area (Å²) in [5.41, 5.74) is 0. The largest absolute Gasteiger partial charge is 0.478 e. The van der Waals surface area contributed by atoms with Crippen molar-refractivity contribution in [1.29, 1.82) is 0 Å². The van der Waals surface area contributed by atoms with E-state index >= 15 is 0 Å². The Hall–Kier alpha value is -0.830. The fourth-order valence-electron chi connectivity index (χ4n) is 2.12. The molecule has 0 radical (unpaired) electrons. The molecule has 0 heterocycles. The molecule has 0 saturated carbocycles. The fourth-order valence-corrected chi connectivity index (χ4v) is 2.12. The van der Waals surface area contributed by atoms with E-state index in [1.54, 1.807) is 6.08 Å². The normalized spacial score (nSPS) is 12.9. The van der Waals surface area contributed by atoms with Crippen LogP contribution in [-0.2, 0) is 4.79 Å². The topological polar surface area (TPSA) is 57.5 Å². The third kappa shape index (κ3) is 17.2. The quantitative estimate of drug-likeness (QED) is 0.387. The van der Waals surface area contributed by atoms with Gasteiger partial charge < -0.3 is 10.2 Å². The smallest absolute Gasteiger partial charge is 0.327 e. The molecule has 0 unspecified atom stereocenters. The summed E-state index contributed by atoms with van der Waals surface area (Å²) >= 11 is 0. The van der Waals surface area contributed by atoms with Crippen molar-refractivity contribution in [2.75, 3.05) is 0 Å². The molecular formula is C16H30O3. The summed E-state index contributed by atoms with van der Waals surface area (Å²) in [5, 5.41) is 17.5. The molecule has 0 aliphatic heterocycles. The molecule has 3 heteroatoms. The number of carboxylic acid groups (broad SMARTS) is 1. The minimum Gasteiger partial charge on any atom is -0.478 e. The Morgan fingerprint density at radius 1 is 0.947 bits per heavy atom. The SMILES string of the molecule is C[C@@H](O)CCCCCCCCCCC/C=C/C(=O)O. The van der Waals surface area contributed by atoms with Gasteiger partial charge in [-0.2, -0.15) is 0 Å². The van der Waals surface area contributed by atoms with Crippen LogP contribution in [0.15, 0.2) is 12.2 Å². The Labute approximate surface area is 117 Å². The van der Waals surface area contributed by atoms with Crippen LogP contribution < -0.4 is 0 Å². The number of aliphatic hydroxyl groups is 1. The summed E-state index contributed by atoms with van der Waals surface area (Å²) in [6.45, 7) is 1.85. The first-order valence-corrected chi connectivity index (χ1v) is 7.70. The number of unbranched alkanes of at least 4 members (excludes halogenated alkanes) is 9. The van der Waals surface area contributed by atoms with Crippen molar-refractivity contribution in [1.82, 2.24) is 0 Å². The maximum absolute atomic E-state index is 10.2. The Kier molecular flexibility index (Phi) is 13.0. The lowest BCUT2D eigenvalue weighted by molar-refractivity contribution is -0.131. The molecular weight excluding hydrogens is 240 g/mol. The monoisotopic (exact) mass is 270 g/mol. The van der Waals surface area contributed by atoms with Gasteiger partial charge in [0, 0.05) is 6.08 Å². The van der Waals surface area contributed by atoms with Gasteiger partial charge in [-0.15, -0.1) is 0 Å². The highest BCUT2D eigenvalue weighted by Crippen LogP contribution is 2.12. The number of aliphatic hydroxyl groups excluding tert-OH is 1. The molecule has 0 rings (SSSR count). The van der Waals surface area contributed by atoms with Crippen LogP contribution in [0.4, 0.5) is 0 Å². The van der Waals surface area contributed by atoms with Gasteiger partial charge in [0.2, 0.25) is 0 Å². The van der Waals surface area contributed by atoms with Crippen molar-refractivity contribution in [3.8, 4) is 0 Å². The lowest BCUT2D eigenvalue weighted by atomic mass is 10.0. The minimum atomic E-state index is -0.851. The summed E-state index contributed by atoms with van der Waals surface area (Å²) in [7, 11) is 0. The van der Waals surface area contributed by atoms with Gasteiger partial charge in [0.15, 0.2) is 0 Å². The third-order valence-electron chi connectivity index (χ3n) is 3.25. The molecule has 0 aromatic rings. The molecule has 0 saturated heterocycles. The van der Waals surface area contributed by atoms with E-state index in [1.807, 2.05) is 6.92 Å². The number of hydrogen-bond donors (Lipinski definition) is 2. The second-order valence-electron chi connectivity index (χ2n) is 5.35. The molecule has 0 aliphatic rings. The van der Waals surface area contributed by atoms with Crippen molar-refractivity contribution < 1.29 is 15.0 Å². The fraction of sp³-hybridized carbons (Fsp3) is 0.812. The van der Waals surface area contributed by atoms with Crippen LogP contribution in [0.5, 0.6) is 0 Å². The van der Waals surface area contributed by atoms with Gasteiger partial charge in [0.25, 0.3) is 0 Å². The Bertz CT molecular complexity index is 234. The van der Waals surface area contributed by atoms with E-state index in [0.717, 1.165) is 25.7 Å². The third-order valence-corrected chi connectivity index (χ3v) is 3.25. The summed E-state index contributed by atoms with van der Waals surface area (Å²) < 4.78 is 0. The first-order valence-electron chi connectivity index (χ1n) is 7.70. The molecule has 0 spiro atoms. The molecule has 0 fully saturated rings. The lowest BCUT2D eigenvalue weighted by Crippen LogP contribution is -1.98. The van der Waals surface area contributed by atoms with Crippen LogP contribution in [-0.4, -0.2) is 22.3 Å². The van der Waals surface area contributed by atoms with Crippen molar-refractivity contribution in [3.63, 3.8) is 0 Å². The zero-order valence-electron chi connectivity index (χ0n) is 12.3. The van der Waals surface area contributed by atoms with Gasteiger partial charge in [-0.1, -0.05) is 57.4 Å². The zero-order valence-corrected chi connectivity index (χ0v) is 12.3.